The molecular weight excluding hydrogens is 218 g/mol. The van der Waals surface area contributed by atoms with Gasteiger partial charge in [0.05, 0.1) is 12.3 Å². The van der Waals surface area contributed by atoms with E-state index in [9.17, 15) is 0 Å². The minimum absolute atomic E-state index is 0.387. The monoisotopic (exact) mass is 239 g/mol. The molecule has 0 spiro atoms. The van der Waals surface area contributed by atoms with E-state index >= 15 is 0 Å². The third-order valence-corrected chi connectivity index (χ3v) is 4.56. The van der Waals surface area contributed by atoms with E-state index in [2.05, 4.69) is 30.1 Å². The van der Waals surface area contributed by atoms with E-state index in [0.29, 0.717) is 6.04 Å². The first-order valence-electron chi connectivity index (χ1n) is 6.28. The molecule has 2 atom stereocenters. The summed E-state index contributed by atoms with van der Waals surface area (Å²) in [6, 6.07) is 4.42. The molecule has 2 rings (SSSR count). The molecule has 1 fully saturated rings. The zero-order chi connectivity index (χ0) is 11.2. The number of furan rings is 1. The fourth-order valence-electron chi connectivity index (χ4n) is 2.18. The fraction of sp³-hybridized carbons (Fsp3) is 0.692. The zero-order valence-electron chi connectivity index (χ0n) is 9.95. The molecule has 0 amide bonds. The molecule has 16 heavy (non-hydrogen) atoms. The lowest BCUT2D eigenvalue weighted by Crippen LogP contribution is -2.29. The Labute approximate surface area is 102 Å². The summed E-state index contributed by atoms with van der Waals surface area (Å²) in [6.45, 7) is 3.32. The molecular formula is C13H21NOS. The molecule has 0 radical (unpaired) electrons. The molecule has 2 unspecified atom stereocenters. The van der Waals surface area contributed by atoms with Crippen LogP contribution in [0, 0.1) is 0 Å². The third-order valence-electron chi connectivity index (χ3n) is 3.16. The highest BCUT2D eigenvalue weighted by Gasteiger charge is 2.17. The summed E-state index contributed by atoms with van der Waals surface area (Å²) in [6.07, 6.45) is 7.01. The van der Waals surface area contributed by atoms with Crippen molar-refractivity contribution in [3.63, 3.8) is 0 Å². The van der Waals surface area contributed by atoms with Gasteiger partial charge >= 0.3 is 0 Å². The van der Waals surface area contributed by atoms with Gasteiger partial charge in [0.1, 0.15) is 5.76 Å². The van der Waals surface area contributed by atoms with Crippen LogP contribution in [-0.4, -0.2) is 17.5 Å². The van der Waals surface area contributed by atoms with Crippen LogP contribution in [0.3, 0.4) is 0 Å². The van der Waals surface area contributed by atoms with Crippen molar-refractivity contribution in [2.75, 3.05) is 12.3 Å². The highest BCUT2D eigenvalue weighted by molar-refractivity contribution is 7.99. The van der Waals surface area contributed by atoms with Gasteiger partial charge in [-0.3, -0.25) is 0 Å². The Hall–Kier alpha value is -0.410. The van der Waals surface area contributed by atoms with Gasteiger partial charge in [-0.1, -0.05) is 13.3 Å². The second-order valence-corrected chi connectivity index (χ2v) is 5.78. The second-order valence-electron chi connectivity index (χ2n) is 4.37. The molecule has 3 heteroatoms. The van der Waals surface area contributed by atoms with Crippen LogP contribution in [0.1, 0.15) is 44.4 Å². The topological polar surface area (TPSA) is 25.2 Å². The Morgan fingerprint density at radius 3 is 3.12 bits per heavy atom. The van der Waals surface area contributed by atoms with E-state index in [1.165, 1.54) is 25.0 Å². The van der Waals surface area contributed by atoms with Crippen LogP contribution in [0.15, 0.2) is 22.8 Å². The lowest BCUT2D eigenvalue weighted by molar-refractivity contribution is 0.401. The Morgan fingerprint density at radius 1 is 1.56 bits per heavy atom. The maximum absolute atomic E-state index is 5.46. The van der Waals surface area contributed by atoms with E-state index in [1.54, 1.807) is 6.26 Å². The lowest BCUT2D eigenvalue weighted by Gasteiger charge is -2.24. The van der Waals surface area contributed by atoms with Crippen LogP contribution >= 0.6 is 11.8 Å². The third kappa shape index (κ3) is 3.29. The smallest absolute Gasteiger partial charge is 0.120 e. The Morgan fingerprint density at radius 2 is 2.50 bits per heavy atom. The largest absolute Gasteiger partial charge is 0.468 e. The van der Waals surface area contributed by atoms with Crippen molar-refractivity contribution in [1.29, 1.82) is 0 Å². The second kappa shape index (κ2) is 6.36. The molecule has 1 aliphatic heterocycles. The SMILES string of the molecule is CCC(NCC1CCCCS1)c1ccco1. The van der Waals surface area contributed by atoms with E-state index in [4.69, 9.17) is 4.42 Å². The molecule has 1 aromatic heterocycles. The predicted molar refractivity (Wildman–Crippen MR) is 69.8 cm³/mol. The van der Waals surface area contributed by atoms with Crippen LogP contribution in [0.4, 0.5) is 0 Å². The molecule has 2 nitrogen and oxygen atoms in total. The molecule has 0 aliphatic carbocycles. The molecule has 0 aromatic carbocycles. The van der Waals surface area contributed by atoms with Gasteiger partial charge in [-0.05, 0) is 37.1 Å². The molecule has 0 bridgehead atoms. The van der Waals surface area contributed by atoms with Gasteiger partial charge in [0.25, 0.3) is 0 Å². The van der Waals surface area contributed by atoms with Gasteiger partial charge < -0.3 is 9.73 Å². The molecule has 1 aliphatic rings. The summed E-state index contributed by atoms with van der Waals surface area (Å²) in [5.41, 5.74) is 0. The van der Waals surface area contributed by atoms with Crippen molar-refractivity contribution in [3.8, 4) is 0 Å². The maximum atomic E-state index is 5.46. The normalized spacial score (nSPS) is 23.2. The van der Waals surface area contributed by atoms with Gasteiger partial charge in [0.15, 0.2) is 0 Å². The van der Waals surface area contributed by atoms with Gasteiger partial charge in [-0.2, -0.15) is 11.8 Å². The Balaban J connectivity index is 1.78. The fourth-order valence-corrected chi connectivity index (χ4v) is 3.43. The van der Waals surface area contributed by atoms with Gasteiger partial charge in [0.2, 0.25) is 0 Å². The van der Waals surface area contributed by atoms with Gasteiger partial charge in [-0.15, -0.1) is 0 Å². The highest BCUT2D eigenvalue weighted by Crippen LogP contribution is 2.25. The number of hydrogen-bond acceptors (Lipinski definition) is 3. The summed E-state index contributed by atoms with van der Waals surface area (Å²) >= 11 is 2.12. The summed E-state index contributed by atoms with van der Waals surface area (Å²) in [5.74, 6) is 2.41. The molecule has 1 saturated heterocycles. The first-order valence-corrected chi connectivity index (χ1v) is 7.33. The minimum atomic E-state index is 0.387. The quantitative estimate of drug-likeness (QED) is 0.850. The summed E-state index contributed by atoms with van der Waals surface area (Å²) in [7, 11) is 0. The van der Waals surface area contributed by atoms with Gasteiger partial charge in [0, 0.05) is 11.8 Å². The molecule has 2 heterocycles. The number of thioether (sulfide) groups is 1. The first-order chi connectivity index (χ1) is 7.90. The summed E-state index contributed by atoms with van der Waals surface area (Å²) in [5, 5.41) is 4.43. The van der Waals surface area contributed by atoms with Crippen LogP contribution in [0.2, 0.25) is 0 Å². The summed E-state index contributed by atoms with van der Waals surface area (Å²) in [4.78, 5) is 0. The average molecular weight is 239 g/mol. The average Bonchev–Trinajstić information content (AvgIpc) is 2.85. The van der Waals surface area contributed by atoms with Crippen LogP contribution in [0.25, 0.3) is 0 Å². The molecule has 90 valence electrons. The predicted octanol–water partition coefficient (Wildman–Crippen LogP) is 3.61. The van der Waals surface area contributed by atoms with Crippen molar-refractivity contribution < 1.29 is 4.42 Å². The minimum Gasteiger partial charge on any atom is -0.468 e. The molecule has 1 aromatic rings. The van der Waals surface area contributed by atoms with E-state index in [0.717, 1.165) is 24.0 Å². The molecule has 1 N–H and O–H groups in total. The van der Waals surface area contributed by atoms with Crippen molar-refractivity contribution in [2.24, 2.45) is 0 Å². The Bertz CT molecular complexity index is 280. The maximum Gasteiger partial charge on any atom is 0.120 e. The first kappa shape index (κ1) is 12.1. The standard InChI is InChI=1S/C13H21NOS/c1-2-12(13-7-5-8-15-13)14-10-11-6-3-4-9-16-11/h5,7-8,11-12,14H,2-4,6,9-10H2,1H3. The number of rotatable bonds is 5. The van der Waals surface area contributed by atoms with Crippen molar-refractivity contribution >= 4 is 11.8 Å². The van der Waals surface area contributed by atoms with E-state index in [1.807, 2.05) is 6.07 Å². The van der Waals surface area contributed by atoms with Crippen LogP contribution in [0.5, 0.6) is 0 Å². The van der Waals surface area contributed by atoms with Crippen LogP contribution < -0.4 is 5.32 Å². The van der Waals surface area contributed by atoms with E-state index in [-0.39, 0.29) is 0 Å². The van der Waals surface area contributed by atoms with Crippen molar-refractivity contribution in [3.05, 3.63) is 24.2 Å². The van der Waals surface area contributed by atoms with E-state index < -0.39 is 0 Å². The van der Waals surface area contributed by atoms with Crippen molar-refractivity contribution in [2.45, 2.75) is 43.9 Å². The summed E-state index contributed by atoms with van der Waals surface area (Å²) < 4.78 is 5.46. The van der Waals surface area contributed by atoms with Gasteiger partial charge in [-0.25, -0.2) is 0 Å². The lowest BCUT2D eigenvalue weighted by atomic mass is 10.1. The zero-order valence-corrected chi connectivity index (χ0v) is 10.8. The Kier molecular flexibility index (Phi) is 4.79. The molecule has 0 saturated carbocycles. The number of nitrogens with one attached hydrogen (secondary N) is 1. The van der Waals surface area contributed by atoms with Crippen LogP contribution in [-0.2, 0) is 0 Å². The number of hydrogen-bond donors (Lipinski definition) is 1. The highest BCUT2D eigenvalue weighted by atomic mass is 32.2. The van der Waals surface area contributed by atoms with Crippen molar-refractivity contribution in [1.82, 2.24) is 5.32 Å².